The number of hydrogen-bond donors (Lipinski definition) is 4. The minimum atomic E-state index is -1.01. The van der Waals surface area contributed by atoms with Crippen molar-refractivity contribution in [2.75, 3.05) is 13.2 Å². The minimum absolute atomic E-state index is 0.158. The van der Waals surface area contributed by atoms with Gasteiger partial charge in [0.1, 0.15) is 5.75 Å². The lowest BCUT2D eigenvalue weighted by molar-refractivity contribution is -0.139. The van der Waals surface area contributed by atoms with Gasteiger partial charge >= 0.3 is 5.97 Å². The number of nitrogens with one attached hydrogen (secondary N) is 2. The highest BCUT2D eigenvalue weighted by molar-refractivity contribution is 5.88. The highest BCUT2D eigenvalue weighted by atomic mass is 16.5. The Kier molecular flexibility index (Phi) is 6.11. The summed E-state index contributed by atoms with van der Waals surface area (Å²) in [6, 6.07) is 15.3. The summed E-state index contributed by atoms with van der Waals surface area (Å²) in [5.74, 6) is -0.477. The van der Waals surface area contributed by atoms with E-state index in [0.29, 0.717) is 12.3 Å². The van der Waals surface area contributed by atoms with E-state index in [4.69, 9.17) is 9.84 Å². The zero-order valence-corrected chi connectivity index (χ0v) is 15.2. The van der Waals surface area contributed by atoms with Crippen LogP contribution in [-0.2, 0) is 11.2 Å². The Hall–Kier alpha value is -2.83. The number of aliphatic carboxylic acids is 1. The van der Waals surface area contributed by atoms with E-state index in [1.807, 2.05) is 48.7 Å². The summed E-state index contributed by atoms with van der Waals surface area (Å²) in [5, 5.41) is 23.4. The fourth-order valence-corrected chi connectivity index (χ4v) is 3.12. The molecule has 1 heterocycles. The van der Waals surface area contributed by atoms with Crippen LogP contribution in [0.2, 0.25) is 0 Å². The number of benzene rings is 2. The van der Waals surface area contributed by atoms with Crippen molar-refractivity contribution in [2.24, 2.45) is 0 Å². The summed E-state index contributed by atoms with van der Waals surface area (Å²) in [7, 11) is 0. The third-order valence-electron chi connectivity index (χ3n) is 4.48. The number of carboxylic acids is 1. The predicted octanol–water partition coefficient (Wildman–Crippen LogP) is 2.89. The maximum Gasteiger partial charge on any atom is 0.341 e. The van der Waals surface area contributed by atoms with Gasteiger partial charge in [-0.2, -0.15) is 0 Å². The van der Waals surface area contributed by atoms with Crippen molar-refractivity contribution in [1.82, 2.24) is 10.3 Å². The van der Waals surface area contributed by atoms with Gasteiger partial charge in [0.15, 0.2) is 6.61 Å². The van der Waals surface area contributed by atoms with E-state index in [1.54, 1.807) is 6.07 Å². The van der Waals surface area contributed by atoms with E-state index in [0.717, 1.165) is 28.5 Å². The lowest BCUT2D eigenvalue weighted by Crippen LogP contribution is -2.32. The molecule has 6 heteroatoms. The number of carboxylic acid groups (broad SMARTS) is 1. The van der Waals surface area contributed by atoms with Crippen LogP contribution in [0.15, 0.2) is 54.7 Å². The number of ether oxygens (including phenoxy) is 1. The average Bonchev–Trinajstić information content (AvgIpc) is 3.08. The third-order valence-corrected chi connectivity index (χ3v) is 4.48. The van der Waals surface area contributed by atoms with Crippen LogP contribution in [0, 0.1) is 0 Å². The number of aliphatic hydroxyl groups excluding tert-OH is 1. The smallest absolute Gasteiger partial charge is 0.341 e. The summed E-state index contributed by atoms with van der Waals surface area (Å²) in [4.78, 5) is 13.9. The molecule has 3 rings (SSSR count). The summed E-state index contributed by atoms with van der Waals surface area (Å²) < 4.78 is 5.35. The fourth-order valence-electron chi connectivity index (χ4n) is 3.12. The predicted molar refractivity (Wildman–Crippen MR) is 104 cm³/mol. The molecule has 0 unspecified atom stereocenters. The van der Waals surface area contributed by atoms with Crippen molar-refractivity contribution in [2.45, 2.75) is 25.5 Å². The largest absolute Gasteiger partial charge is 0.480 e. The number of hydrogen-bond acceptors (Lipinski definition) is 4. The summed E-state index contributed by atoms with van der Waals surface area (Å²) in [5.41, 5.74) is 2.80. The van der Waals surface area contributed by atoms with E-state index in [1.165, 1.54) is 0 Å². The number of carbonyl (C=O) groups is 1. The fraction of sp³-hybridized carbons (Fsp3) is 0.286. The van der Waals surface area contributed by atoms with Crippen LogP contribution in [-0.4, -0.2) is 40.4 Å². The first-order valence-corrected chi connectivity index (χ1v) is 8.94. The van der Waals surface area contributed by atoms with Gasteiger partial charge in [0.25, 0.3) is 0 Å². The third kappa shape index (κ3) is 4.87. The molecule has 6 nitrogen and oxygen atoms in total. The molecule has 0 aliphatic heterocycles. The number of para-hydroxylation sites is 1. The van der Waals surface area contributed by atoms with Gasteiger partial charge in [-0.1, -0.05) is 42.5 Å². The average molecular weight is 370 g/mol. The summed E-state index contributed by atoms with van der Waals surface area (Å²) >= 11 is 0. The molecule has 3 aromatic rings. The molecule has 0 fully saturated rings. The van der Waals surface area contributed by atoms with Gasteiger partial charge in [0.2, 0.25) is 0 Å². The van der Waals surface area contributed by atoms with E-state index >= 15 is 0 Å². The van der Waals surface area contributed by atoms with Gasteiger partial charge < -0.3 is 25.3 Å². The SMILES string of the molecule is C[C@H](Cc1c[nH]c2c(OCC(=O)O)cccc12)NC[14C@@H](O)c1ccccc1. The van der Waals surface area contributed by atoms with Crippen molar-refractivity contribution in [3.8, 4) is 5.75 Å². The molecule has 0 bridgehead atoms. The Morgan fingerprint density at radius 3 is 2.74 bits per heavy atom. The Morgan fingerprint density at radius 1 is 1.22 bits per heavy atom. The van der Waals surface area contributed by atoms with Crippen molar-refractivity contribution >= 4 is 16.9 Å². The highest BCUT2D eigenvalue weighted by Gasteiger charge is 2.13. The van der Waals surface area contributed by atoms with Crippen LogP contribution in [0.5, 0.6) is 5.75 Å². The first-order valence-electron chi connectivity index (χ1n) is 8.94. The lowest BCUT2D eigenvalue weighted by atomic mass is 10.1. The second-order valence-corrected chi connectivity index (χ2v) is 6.61. The molecule has 0 aliphatic carbocycles. The van der Waals surface area contributed by atoms with Gasteiger partial charge in [0.05, 0.1) is 11.6 Å². The molecule has 27 heavy (non-hydrogen) atoms. The second kappa shape index (κ2) is 8.70. The molecule has 0 saturated heterocycles. The molecule has 0 spiro atoms. The number of aromatic amines is 1. The number of H-pyrrole nitrogens is 1. The van der Waals surface area contributed by atoms with Crippen LogP contribution in [0.1, 0.15) is 24.2 Å². The maximum absolute atomic E-state index is 10.7. The molecule has 4 N–H and O–H groups in total. The zero-order chi connectivity index (χ0) is 19.2. The number of rotatable bonds is 9. The first-order chi connectivity index (χ1) is 13.0. The standard InChI is InChI=1S/C21H24N2O4/c1-14(22-12-18(24)15-6-3-2-4-7-15)10-16-11-23-21-17(16)8-5-9-19(21)27-13-20(25)26/h2-9,11,14,18,22-24H,10,12-13H2,1H3,(H,25,26)/t14-,18-/m1/s1/i18+2. The molecular weight excluding hydrogens is 346 g/mol. The Bertz CT molecular complexity index is 892. The highest BCUT2D eigenvalue weighted by Crippen LogP contribution is 2.28. The lowest BCUT2D eigenvalue weighted by Gasteiger charge is -2.17. The summed E-state index contributed by atoms with van der Waals surface area (Å²) in [6.07, 6.45) is 2.14. The Morgan fingerprint density at radius 2 is 2.00 bits per heavy atom. The molecular formula is C21H24N2O4. The molecule has 2 aromatic carbocycles. The van der Waals surface area contributed by atoms with Gasteiger partial charge in [-0.15, -0.1) is 0 Å². The van der Waals surface area contributed by atoms with Gasteiger partial charge in [0, 0.05) is 24.2 Å². The molecule has 0 aliphatic rings. The second-order valence-electron chi connectivity index (χ2n) is 6.61. The Balaban J connectivity index is 1.62. The Labute approximate surface area is 157 Å². The van der Waals surface area contributed by atoms with Gasteiger partial charge in [-0.25, -0.2) is 4.79 Å². The molecule has 142 valence electrons. The van der Waals surface area contributed by atoms with Crippen molar-refractivity contribution in [3.63, 3.8) is 0 Å². The van der Waals surface area contributed by atoms with E-state index in [9.17, 15) is 9.90 Å². The topological polar surface area (TPSA) is 94.6 Å². The van der Waals surface area contributed by atoms with Crippen LogP contribution in [0.4, 0.5) is 0 Å². The van der Waals surface area contributed by atoms with Gasteiger partial charge in [-0.05, 0) is 30.5 Å². The van der Waals surface area contributed by atoms with Crippen LogP contribution in [0.25, 0.3) is 10.9 Å². The van der Waals surface area contributed by atoms with Crippen LogP contribution >= 0.6 is 0 Å². The number of fused-ring (bicyclic) bond motifs is 1. The van der Waals surface area contributed by atoms with E-state index < -0.39 is 12.1 Å². The number of aromatic nitrogens is 1. The quantitative estimate of drug-likeness (QED) is 0.465. The normalized spacial score (nSPS) is 13.4. The van der Waals surface area contributed by atoms with Crippen LogP contribution < -0.4 is 10.1 Å². The summed E-state index contributed by atoms with van der Waals surface area (Å²) in [6.45, 7) is 2.17. The molecule has 2 atom stereocenters. The maximum atomic E-state index is 10.7. The van der Waals surface area contributed by atoms with Crippen molar-refractivity contribution in [1.29, 1.82) is 0 Å². The molecule has 0 amide bonds. The van der Waals surface area contributed by atoms with Crippen molar-refractivity contribution < 1.29 is 19.7 Å². The van der Waals surface area contributed by atoms with E-state index in [2.05, 4.69) is 17.2 Å². The van der Waals surface area contributed by atoms with E-state index in [-0.39, 0.29) is 12.6 Å². The van der Waals surface area contributed by atoms with Crippen LogP contribution in [0.3, 0.4) is 0 Å². The minimum Gasteiger partial charge on any atom is -0.480 e. The molecule has 1 aromatic heterocycles. The first kappa shape index (κ1) is 18.9. The zero-order valence-electron chi connectivity index (χ0n) is 15.2. The number of aliphatic hydroxyl groups is 1. The molecule has 0 radical (unpaired) electrons. The monoisotopic (exact) mass is 370 g/mol. The van der Waals surface area contributed by atoms with Gasteiger partial charge in [-0.3, -0.25) is 0 Å². The van der Waals surface area contributed by atoms with Crippen molar-refractivity contribution in [3.05, 3.63) is 65.9 Å². The molecule has 0 saturated carbocycles.